The summed E-state index contributed by atoms with van der Waals surface area (Å²) < 4.78 is 0. The summed E-state index contributed by atoms with van der Waals surface area (Å²) in [6.07, 6.45) is 0.309. The van der Waals surface area contributed by atoms with Gasteiger partial charge in [0.05, 0.1) is 23.9 Å². The van der Waals surface area contributed by atoms with Gasteiger partial charge in [0, 0.05) is 6.54 Å². The van der Waals surface area contributed by atoms with Crippen LogP contribution in [0.3, 0.4) is 0 Å². The molecule has 0 N–H and O–H groups in total. The standard InChI is InChI=1S/C14H16N2O/c1-11(12-6-4-3-5-7-12)16-10-14(2,8-9-15)13(16)17/h3-7,11H,8,10H2,1-2H3/t11-,14?/m0/s1. The number of carbonyl (C=O) groups is 1. The molecule has 1 fully saturated rings. The van der Waals surface area contributed by atoms with Crippen LogP contribution in [-0.4, -0.2) is 17.4 Å². The van der Waals surface area contributed by atoms with E-state index >= 15 is 0 Å². The van der Waals surface area contributed by atoms with Crippen LogP contribution in [-0.2, 0) is 4.79 Å². The lowest BCUT2D eigenvalue weighted by Crippen LogP contribution is -2.60. The first-order valence-electron chi connectivity index (χ1n) is 5.81. The molecule has 0 aromatic heterocycles. The highest BCUT2D eigenvalue weighted by Gasteiger charge is 2.49. The molecular formula is C14H16N2O. The van der Waals surface area contributed by atoms with Gasteiger partial charge in [0.2, 0.25) is 5.91 Å². The van der Waals surface area contributed by atoms with E-state index in [0.717, 1.165) is 5.56 Å². The van der Waals surface area contributed by atoms with Crippen LogP contribution in [0.1, 0.15) is 31.9 Å². The minimum absolute atomic E-state index is 0.0930. The number of β-lactam (4-membered cyclic amide) rings is 1. The Hall–Kier alpha value is -1.82. The minimum atomic E-state index is -0.461. The Morgan fingerprint density at radius 3 is 2.65 bits per heavy atom. The van der Waals surface area contributed by atoms with Crippen LogP contribution in [0.2, 0.25) is 0 Å². The lowest BCUT2D eigenvalue weighted by Gasteiger charge is -2.48. The highest BCUT2D eigenvalue weighted by molar-refractivity contribution is 5.89. The van der Waals surface area contributed by atoms with E-state index in [-0.39, 0.29) is 11.9 Å². The van der Waals surface area contributed by atoms with Gasteiger partial charge in [-0.2, -0.15) is 5.26 Å². The topological polar surface area (TPSA) is 44.1 Å². The maximum atomic E-state index is 12.1. The summed E-state index contributed by atoms with van der Waals surface area (Å²) in [5.74, 6) is 0.0930. The molecule has 0 spiro atoms. The van der Waals surface area contributed by atoms with Crippen LogP contribution in [0, 0.1) is 16.7 Å². The Morgan fingerprint density at radius 1 is 1.47 bits per heavy atom. The summed E-state index contributed by atoms with van der Waals surface area (Å²) in [5.41, 5.74) is 0.678. The summed E-state index contributed by atoms with van der Waals surface area (Å²) in [5, 5.41) is 8.71. The van der Waals surface area contributed by atoms with Crippen LogP contribution >= 0.6 is 0 Å². The average molecular weight is 228 g/mol. The van der Waals surface area contributed by atoms with Crippen molar-refractivity contribution in [1.29, 1.82) is 5.26 Å². The Balaban J connectivity index is 2.09. The normalized spacial score (nSPS) is 25.0. The molecule has 2 atom stereocenters. The second-order valence-corrected chi connectivity index (χ2v) is 4.92. The molecular weight excluding hydrogens is 212 g/mol. The van der Waals surface area contributed by atoms with Crippen molar-refractivity contribution >= 4 is 5.91 Å². The van der Waals surface area contributed by atoms with E-state index in [1.807, 2.05) is 49.1 Å². The van der Waals surface area contributed by atoms with E-state index < -0.39 is 5.41 Å². The fourth-order valence-corrected chi connectivity index (χ4v) is 2.30. The van der Waals surface area contributed by atoms with Crippen molar-refractivity contribution in [3.63, 3.8) is 0 Å². The molecule has 17 heavy (non-hydrogen) atoms. The van der Waals surface area contributed by atoms with Crippen molar-refractivity contribution < 1.29 is 4.79 Å². The van der Waals surface area contributed by atoms with E-state index in [1.165, 1.54) is 0 Å². The number of nitrogens with zero attached hydrogens (tertiary/aromatic N) is 2. The SMILES string of the molecule is C[C@@H](c1ccccc1)N1CC(C)(CC#N)C1=O. The van der Waals surface area contributed by atoms with Gasteiger partial charge in [-0.25, -0.2) is 0 Å². The van der Waals surface area contributed by atoms with Crippen molar-refractivity contribution in [3.8, 4) is 6.07 Å². The van der Waals surface area contributed by atoms with E-state index in [4.69, 9.17) is 5.26 Å². The number of hydrogen-bond donors (Lipinski definition) is 0. The number of carbonyl (C=O) groups excluding carboxylic acids is 1. The van der Waals surface area contributed by atoms with E-state index in [1.54, 1.807) is 0 Å². The molecule has 1 unspecified atom stereocenters. The van der Waals surface area contributed by atoms with Gasteiger partial charge < -0.3 is 4.90 Å². The number of nitriles is 1. The number of benzene rings is 1. The summed E-state index contributed by atoms with van der Waals surface area (Å²) in [6, 6.07) is 12.2. The first-order chi connectivity index (χ1) is 8.08. The maximum Gasteiger partial charge on any atom is 0.231 e. The van der Waals surface area contributed by atoms with E-state index in [9.17, 15) is 4.79 Å². The zero-order chi connectivity index (χ0) is 12.5. The molecule has 3 heteroatoms. The van der Waals surface area contributed by atoms with E-state index in [2.05, 4.69) is 6.07 Å². The molecule has 0 aliphatic carbocycles. The highest BCUT2D eigenvalue weighted by atomic mass is 16.2. The van der Waals surface area contributed by atoms with Gasteiger partial charge in [0.25, 0.3) is 0 Å². The molecule has 1 aromatic rings. The Morgan fingerprint density at radius 2 is 2.12 bits per heavy atom. The molecule has 1 aliphatic rings. The minimum Gasteiger partial charge on any atom is -0.334 e. The number of amides is 1. The van der Waals surface area contributed by atoms with Crippen LogP contribution in [0.25, 0.3) is 0 Å². The quantitative estimate of drug-likeness (QED) is 0.746. The molecule has 0 bridgehead atoms. The molecule has 1 amide bonds. The molecule has 1 saturated heterocycles. The van der Waals surface area contributed by atoms with Crippen LogP contribution < -0.4 is 0 Å². The summed E-state index contributed by atoms with van der Waals surface area (Å²) in [4.78, 5) is 13.9. The predicted molar refractivity (Wildman–Crippen MR) is 64.9 cm³/mol. The lowest BCUT2D eigenvalue weighted by atomic mass is 9.77. The lowest BCUT2D eigenvalue weighted by molar-refractivity contribution is -0.161. The molecule has 1 aromatic carbocycles. The summed E-state index contributed by atoms with van der Waals surface area (Å²) in [6.45, 7) is 4.57. The predicted octanol–water partition coefficient (Wildman–Crippen LogP) is 2.51. The smallest absolute Gasteiger partial charge is 0.231 e. The molecule has 0 radical (unpaired) electrons. The van der Waals surface area contributed by atoms with Crippen molar-refractivity contribution in [2.45, 2.75) is 26.3 Å². The Kier molecular flexibility index (Phi) is 2.89. The number of likely N-dealkylation sites (tertiary alicyclic amines) is 1. The van der Waals surface area contributed by atoms with Crippen molar-refractivity contribution in [1.82, 2.24) is 4.90 Å². The van der Waals surface area contributed by atoms with Crippen LogP contribution in [0.4, 0.5) is 0 Å². The zero-order valence-electron chi connectivity index (χ0n) is 10.2. The van der Waals surface area contributed by atoms with Gasteiger partial charge in [0.15, 0.2) is 0 Å². The molecule has 88 valence electrons. The van der Waals surface area contributed by atoms with Gasteiger partial charge in [-0.3, -0.25) is 4.79 Å². The third kappa shape index (κ3) is 1.91. The van der Waals surface area contributed by atoms with Gasteiger partial charge in [-0.15, -0.1) is 0 Å². The third-order valence-corrected chi connectivity index (χ3v) is 3.52. The highest BCUT2D eigenvalue weighted by Crippen LogP contribution is 2.39. The fraction of sp³-hybridized carbons (Fsp3) is 0.429. The fourth-order valence-electron chi connectivity index (χ4n) is 2.30. The maximum absolute atomic E-state index is 12.1. The third-order valence-electron chi connectivity index (χ3n) is 3.52. The van der Waals surface area contributed by atoms with Gasteiger partial charge in [-0.1, -0.05) is 30.3 Å². The van der Waals surface area contributed by atoms with Gasteiger partial charge in [0.1, 0.15) is 0 Å². The van der Waals surface area contributed by atoms with Crippen molar-refractivity contribution in [3.05, 3.63) is 35.9 Å². The van der Waals surface area contributed by atoms with Crippen LogP contribution in [0.15, 0.2) is 30.3 Å². The van der Waals surface area contributed by atoms with Gasteiger partial charge in [-0.05, 0) is 19.4 Å². The molecule has 2 rings (SSSR count). The first kappa shape index (κ1) is 11.7. The summed E-state index contributed by atoms with van der Waals surface area (Å²) in [7, 11) is 0. The molecule has 1 aliphatic heterocycles. The number of hydrogen-bond acceptors (Lipinski definition) is 2. The zero-order valence-corrected chi connectivity index (χ0v) is 10.2. The van der Waals surface area contributed by atoms with Crippen LogP contribution in [0.5, 0.6) is 0 Å². The van der Waals surface area contributed by atoms with Crippen molar-refractivity contribution in [2.24, 2.45) is 5.41 Å². The first-order valence-corrected chi connectivity index (χ1v) is 5.81. The molecule has 0 saturated carbocycles. The Bertz CT molecular complexity index is 463. The molecule has 1 heterocycles. The second-order valence-electron chi connectivity index (χ2n) is 4.92. The van der Waals surface area contributed by atoms with Gasteiger partial charge >= 0.3 is 0 Å². The van der Waals surface area contributed by atoms with E-state index in [0.29, 0.717) is 13.0 Å². The largest absolute Gasteiger partial charge is 0.334 e. The summed E-state index contributed by atoms with van der Waals surface area (Å²) >= 11 is 0. The average Bonchev–Trinajstić information content (AvgIpc) is 2.36. The van der Waals surface area contributed by atoms with Crippen molar-refractivity contribution in [2.75, 3.05) is 6.54 Å². The second kappa shape index (κ2) is 4.21. The number of rotatable bonds is 3. The molecule has 3 nitrogen and oxygen atoms in total. The monoisotopic (exact) mass is 228 g/mol. The Labute approximate surface area is 102 Å².